The van der Waals surface area contributed by atoms with Gasteiger partial charge in [0, 0.05) is 31.2 Å². The third-order valence-corrected chi connectivity index (χ3v) is 10.8. The van der Waals surface area contributed by atoms with Gasteiger partial charge in [0.25, 0.3) is 0 Å². The Bertz CT molecular complexity index is 2740. The van der Waals surface area contributed by atoms with Crippen molar-refractivity contribution < 1.29 is 28.7 Å². The largest absolute Gasteiger partial charge is 0.448 e. The molecule has 0 bridgehead atoms. The number of benzene rings is 6. The van der Waals surface area contributed by atoms with Crippen LogP contribution in [0.15, 0.2) is 133 Å². The van der Waals surface area contributed by atoms with E-state index in [2.05, 4.69) is 20.6 Å². The molecule has 0 saturated carbocycles. The van der Waals surface area contributed by atoms with E-state index < -0.39 is 35.7 Å². The number of carbonyl (C=O) groups excluding carboxylic acids is 4. The van der Waals surface area contributed by atoms with Crippen molar-refractivity contribution in [2.24, 2.45) is 0 Å². The Morgan fingerprint density at radius 2 is 0.823 bits per heavy atom. The number of ether oxygens (including phenoxy) is 2. The average molecular weight is 949 g/mol. The molecule has 0 spiro atoms. The lowest BCUT2D eigenvalue weighted by Crippen LogP contribution is -2.32. The highest BCUT2D eigenvalue weighted by atomic mass is 35.5. The smallest absolute Gasteiger partial charge is 0.340 e. The summed E-state index contributed by atoms with van der Waals surface area (Å²) in [5.74, 6) is -2.32. The van der Waals surface area contributed by atoms with Crippen LogP contribution in [0.4, 0.5) is 0 Å². The van der Waals surface area contributed by atoms with E-state index in [1.807, 2.05) is 36.4 Å². The summed E-state index contributed by atoms with van der Waals surface area (Å²) in [6.45, 7) is -0.0577. The summed E-state index contributed by atoms with van der Waals surface area (Å²) in [7, 11) is 0. The Balaban J connectivity index is 0.000000186. The molecule has 0 aliphatic rings. The molecule has 0 aliphatic heterocycles. The zero-order valence-electron chi connectivity index (χ0n) is 31.7. The van der Waals surface area contributed by atoms with Crippen LogP contribution in [0.2, 0.25) is 30.1 Å². The lowest BCUT2D eigenvalue weighted by atomic mass is 10.1. The van der Waals surface area contributed by atoms with Crippen LogP contribution in [0.3, 0.4) is 0 Å². The topological polar surface area (TPSA) is 148 Å². The van der Waals surface area contributed by atoms with E-state index in [9.17, 15) is 19.2 Å². The molecule has 2 atom stereocenters. The van der Waals surface area contributed by atoms with Gasteiger partial charge in [0.2, 0.25) is 11.6 Å². The van der Waals surface area contributed by atoms with Crippen LogP contribution < -0.4 is 0 Å². The summed E-state index contributed by atoms with van der Waals surface area (Å²) < 4.78 is 14.2. The molecule has 62 heavy (non-hydrogen) atoms. The molecule has 2 aromatic heterocycles. The predicted octanol–water partition coefficient (Wildman–Crippen LogP) is 11.0. The number of hydrogen-bond acceptors (Lipinski definition) is 10. The predicted molar refractivity (Wildman–Crippen MR) is 238 cm³/mol. The van der Waals surface area contributed by atoms with Crippen molar-refractivity contribution in [1.29, 1.82) is 0 Å². The maximum Gasteiger partial charge on any atom is 0.340 e. The number of aromatic nitrogens is 6. The van der Waals surface area contributed by atoms with Gasteiger partial charge in [-0.2, -0.15) is 0 Å². The van der Waals surface area contributed by atoms with Crippen molar-refractivity contribution in [3.05, 3.63) is 186 Å². The number of rotatable bonds is 12. The molecule has 8 aromatic rings. The molecule has 0 amide bonds. The Hall–Kier alpha value is -5.86. The minimum absolute atomic E-state index is 0.0288. The third-order valence-electron chi connectivity index (χ3n) is 9.16. The number of para-hydroxylation sites is 2. The fourth-order valence-corrected chi connectivity index (χ4v) is 7.28. The lowest BCUT2D eigenvalue weighted by Gasteiger charge is -2.18. The molecule has 0 radical (unpaired) electrons. The highest BCUT2D eigenvalue weighted by molar-refractivity contribution is 6.37. The van der Waals surface area contributed by atoms with Crippen LogP contribution in [0.1, 0.15) is 41.4 Å². The molecular formula is C44H28Cl6N6O6. The van der Waals surface area contributed by atoms with Gasteiger partial charge in [-0.15, -0.1) is 10.2 Å². The Labute approximate surface area is 382 Å². The molecule has 312 valence electrons. The second-order valence-corrected chi connectivity index (χ2v) is 15.9. The van der Waals surface area contributed by atoms with Crippen molar-refractivity contribution in [1.82, 2.24) is 30.0 Å². The third kappa shape index (κ3) is 10.6. The number of nitrogens with zero attached hydrogens (tertiary/aromatic N) is 6. The SMILES string of the molecule is O=C(O[C@@H](Cn1nnc2ccccc21)C(=O)c1ccc(Cl)cc1)c1ccc(Cl)cc1Cl.O=C(O[C@H](Cn1nnc2ccccc21)C(=O)c1ccc(Cl)cc1)c1ccc(Cl)cc1Cl. The standard InChI is InChI=1S/2C22H14Cl3N3O3/c2*23-14-7-5-13(6-8-14)21(29)20(12-28-19-4-2-1-3-18(19)26-27-28)31-22(30)16-10-9-15(24)11-17(16)25/h2*1-11,20H,12H2/t2*20-/m10/s1. The highest BCUT2D eigenvalue weighted by Gasteiger charge is 2.29. The summed E-state index contributed by atoms with van der Waals surface area (Å²) in [6, 6.07) is 36.0. The second-order valence-electron chi connectivity index (χ2n) is 13.3. The molecule has 0 unspecified atom stereocenters. The first kappa shape index (κ1) is 44.2. The van der Waals surface area contributed by atoms with Gasteiger partial charge in [0.15, 0.2) is 12.2 Å². The first-order chi connectivity index (χ1) is 29.8. The summed E-state index contributed by atoms with van der Waals surface area (Å²) in [5.41, 5.74) is 3.61. The molecule has 0 aliphatic carbocycles. The molecule has 18 heteroatoms. The van der Waals surface area contributed by atoms with E-state index in [4.69, 9.17) is 79.1 Å². The summed E-state index contributed by atoms with van der Waals surface area (Å²) in [6.07, 6.45) is -2.35. The molecule has 12 nitrogen and oxygen atoms in total. The molecule has 0 fully saturated rings. The molecule has 8 rings (SSSR count). The van der Waals surface area contributed by atoms with E-state index in [1.165, 1.54) is 45.8 Å². The fraction of sp³-hybridized carbons (Fsp3) is 0.0909. The maximum atomic E-state index is 13.2. The lowest BCUT2D eigenvalue weighted by molar-refractivity contribution is 0.0242. The number of hydrogen-bond donors (Lipinski definition) is 0. The fourth-order valence-electron chi connectivity index (χ4n) is 6.06. The summed E-state index contributed by atoms with van der Waals surface area (Å²) in [4.78, 5) is 52.0. The number of fused-ring (bicyclic) bond motifs is 2. The van der Waals surface area contributed by atoms with Crippen molar-refractivity contribution in [3.63, 3.8) is 0 Å². The maximum absolute atomic E-state index is 13.2. The zero-order valence-corrected chi connectivity index (χ0v) is 36.2. The van der Waals surface area contributed by atoms with Gasteiger partial charge in [-0.25, -0.2) is 19.0 Å². The molecule has 6 aromatic carbocycles. The Kier molecular flexibility index (Phi) is 14.2. The molecule has 2 heterocycles. The van der Waals surface area contributed by atoms with Crippen LogP contribution in [0.25, 0.3) is 22.1 Å². The van der Waals surface area contributed by atoms with Crippen LogP contribution in [-0.2, 0) is 22.6 Å². The van der Waals surface area contributed by atoms with Crippen LogP contribution in [0.5, 0.6) is 0 Å². The van der Waals surface area contributed by atoms with E-state index in [0.29, 0.717) is 53.3 Å². The van der Waals surface area contributed by atoms with Gasteiger partial charge in [0.05, 0.1) is 45.3 Å². The second kappa shape index (κ2) is 19.9. The summed E-state index contributed by atoms with van der Waals surface area (Å²) >= 11 is 35.9. The van der Waals surface area contributed by atoms with Crippen LogP contribution in [0, 0.1) is 0 Å². The van der Waals surface area contributed by atoms with E-state index in [-0.39, 0.29) is 34.3 Å². The number of esters is 2. The summed E-state index contributed by atoms with van der Waals surface area (Å²) in [5, 5.41) is 18.3. The molecule has 0 saturated heterocycles. The Morgan fingerprint density at radius 3 is 1.19 bits per heavy atom. The van der Waals surface area contributed by atoms with Gasteiger partial charge in [-0.3, -0.25) is 9.59 Å². The average Bonchev–Trinajstić information content (AvgIpc) is 3.87. The first-order valence-corrected chi connectivity index (χ1v) is 20.6. The van der Waals surface area contributed by atoms with Crippen LogP contribution in [-0.4, -0.2) is 65.7 Å². The minimum atomic E-state index is -1.18. The highest BCUT2D eigenvalue weighted by Crippen LogP contribution is 2.25. The van der Waals surface area contributed by atoms with Crippen molar-refractivity contribution in [2.45, 2.75) is 25.3 Å². The quantitative estimate of drug-likeness (QED) is 0.0856. The number of halogens is 6. The van der Waals surface area contributed by atoms with Crippen molar-refractivity contribution in [3.8, 4) is 0 Å². The van der Waals surface area contributed by atoms with E-state index >= 15 is 0 Å². The number of ketones is 2. The van der Waals surface area contributed by atoms with Crippen molar-refractivity contribution >= 4 is 115 Å². The van der Waals surface area contributed by atoms with Gasteiger partial charge in [-0.05, 0) is 109 Å². The zero-order chi connectivity index (χ0) is 43.9. The molecular weight excluding hydrogens is 921 g/mol. The molecule has 0 N–H and O–H groups in total. The van der Waals surface area contributed by atoms with Gasteiger partial charge >= 0.3 is 11.9 Å². The van der Waals surface area contributed by atoms with Crippen molar-refractivity contribution in [2.75, 3.05) is 0 Å². The monoisotopic (exact) mass is 946 g/mol. The number of Topliss-reactive ketones (excluding diaryl/α,β-unsaturated/α-hetero) is 2. The normalized spacial score (nSPS) is 12.0. The van der Waals surface area contributed by atoms with Gasteiger partial charge < -0.3 is 9.47 Å². The minimum Gasteiger partial charge on any atom is -0.448 e. The van der Waals surface area contributed by atoms with Gasteiger partial charge in [0.1, 0.15) is 11.0 Å². The van der Waals surface area contributed by atoms with E-state index in [1.54, 1.807) is 60.7 Å². The number of carbonyl (C=O) groups is 4. The van der Waals surface area contributed by atoms with E-state index in [0.717, 1.165) is 0 Å². The Morgan fingerprint density at radius 1 is 0.468 bits per heavy atom. The van der Waals surface area contributed by atoms with Crippen LogP contribution >= 0.6 is 69.6 Å². The van der Waals surface area contributed by atoms with Gasteiger partial charge in [-0.1, -0.05) is 104 Å². The first-order valence-electron chi connectivity index (χ1n) is 18.3.